The van der Waals surface area contributed by atoms with Crippen LogP contribution in [-0.4, -0.2) is 9.13 Å². The Labute approximate surface area is 696 Å². The molecule has 0 saturated carbocycles. The van der Waals surface area contributed by atoms with Gasteiger partial charge >= 0.3 is 0 Å². The minimum Gasteiger partial charge on any atom is -0.372 e. The number of aromatic nitrogens is 2. The minimum atomic E-state index is -0.103. The van der Waals surface area contributed by atoms with Crippen LogP contribution in [-0.2, 0) is 28.8 Å². The summed E-state index contributed by atoms with van der Waals surface area (Å²) >= 11 is 0. The quantitative estimate of drug-likeness (QED) is 0.0856. The number of rotatable bonds is 18. The molecule has 19 aromatic rings. The molecule has 0 bridgehead atoms. The van der Waals surface area contributed by atoms with Gasteiger partial charge in [-0.3, -0.25) is 0 Å². The number of para-hydroxylation sites is 2. The van der Waals surface area contributed by atoms with Crippen molar-refractivity contribution in [3.05, 3.63) is 458 Å². The second kappa shape index (κ2) is 30.5. The smallest absolute Gasteiger partial charge is 0.0721 e. The van der Waals surface area contributed by atoms with Gasteiger partial charge in [-0.2, -0.15) is 0 Å². The Morgan fingerprint density at radius 3 is 0.941 bits per heavy atom. The first-order valence-corrected chi connectivity index (χ1v) is 41.2. The van der Waals surface area contributed by atoms with Gasteiger partial charge in [-0.1, -0.05) is 320 Å². The lowest BCUT2D eigenvalue weighted by atomic mass is 9.82. The van der Waals surface area contributed by atoms with Gasteiger partial charge in [0.2, 0.25) is 0 Å². The molecule has 0 aliphatic heterocycles. The molecule has 2 heterocycles. The van der Waals surface area contributed by atoms with Crippen LogP contribution in [0, 0.1) is 0 Å². The molecule has 2 aromatic heterocycles. The molecule has 0 saturated heterocycles. The number of benzene rings is 17. The molecule has 570 valence electrons. The minimum absolute atomic E-state index is 0.0918. The van der Waals surface area contributed by atoms with Gasteiger partial charge in [0.25, 0.3) is 0 Å². The summed E-state index contributed by atoms with van der Waals surface area (Å²) in [6.07, 6.45) is 3.75. The summed E-state index contributed by atoms with van der Waals surface area (Å²) in [5.74, 6) is 0. The van der Waals surface area contributed by atoms with Crippen LogP contribution in [0.5, 0.6) is 0 Å². The molecule has 2 aliphatic rings. The summed E-state index contributed by atoms with van der Waals surface area (Å²) in [7, 11) is 0. The lowest BCUT2D eigenvalue weighted by Gasteiger charge is -2.28. The van der Waals surface area contributed by atoms with Crippen LogP contribution in [0.25, 0.3) is 134 Å². The molecule has 2 aliphatic carbocycles. The summed E-state index contributed by atoms with van der Waals surface area (Å²) in [6.45, 7) is 18.3. The molecule has 0 unspecified atom stereocenters. The summed E-state index contributed by atoms with van der Waals surface area (Å²) in [5, 5.41) is 4.95. The molecule has 0 N–H and O–H groups in total. The largest absolute Gasteiger partial charge is 0.372 e. The maximum atomic E-state index is 6.09. The zero-order valence-corrected chi connectivity index (χ0v) is 67.3. The predicted molar refractivity (Wildman–Crippen MR) is 503 cm³/mol. The molecule has 5 nitrogen and oxygen atoms in total. The van der Waals surface area contributed by atoms with E-state index in [1.165, 1.54) is 133 Å². The van der Waals surface area contributed by atoms with E-state index in [4.69, 9.17) is 4.74 Å². The van der Waals surface area contributed by atoms with Crippen molar-refractivity contribution in [3.63, 3.8) is 0 Å². The van der Waals surface area contributed by atoms with E-state index in [1.54, 1.807) is 0 Å². The summed E-state index contributed by atoms with van der Waals surface area (Å²) in [5.41, 5.74) is 38.5. The molecule has 0 fully saturated rings. The molecule has 17 aromatic carbocycles. The van der Waals surface area contributed by atoms with Gasteiger partial charge in [-0.05, 0) is 245 Å². The fourth-order valence-corrected chi connectivity index (χ4v) is 18.4. The monoisotopic (exact) mass is 1530 g/mol. The van der Waals surface area contributed by atoms with E-state index in [9.17, 15) is 0 Å². The van der Waals surface area contributed by atoms with Crippen molar-refractivity contribution >= 4 is 89.9 Å². The van der Waals surface area contributed by atoms with Crippen molar-refractivity contribution in [2.75, 3.05) is 9.80 Å². The Bertz CT molecular complexity index is 7030. The van der Waals surface area contributed by atoms with E-state index in [1.807, 2.05) is 12.2 Å². The standard InChI is InChI=1S/C61H48N2O.C53H40N2/c1-4-42-18-20-43(21-19-42)40-64-41-44-22-29-51(30-23-44)63-59-17-11-9-15-55(59)56-38-48(28-37-60(56)63)47-26-33-50(34-27-47)62(49-31-24-46(25-32-49)45-12-6-5-7-13-45)52-35-36-54-53-14-8-10-16-57(53)61(2,3)58(54)39-52;1-4-36-18-25-43(26-19-36)55-51-17-11-9-15-47(51)48-34-40(24-33-52(48)55)39-22-29-42(30-23-39)54(41-27-20-38(21-28-41)37-12-6-5-7-13-37)44-31-32-46-45-14-8-10-16-49(45)53(2,3)50(46)35-44/h4-39H,1,40-41H2,2-3H3;4-35H,1H2,2-3H3. The van der Waals surface area contributed by atoms with Crippen molar-refractivity contribution in [3.8, 4) is 78.1 Å². The average Bonchev–Trinajstić information content (AvgIpc) is 1.66. The number of anilines is 6. The lowest BCUT2D eigenvalue weighted by molar-refractivity contribution is 0.107. The topological polar surface area (TPSA) is 25.6 Å². The lowest BCUT2D eigenvalue weighted by Crippen LogP contribution is -2.16. The van der Waals surface area contributed by atoms with E-state index in [-0.39, 0.29) is 10.8 Å². The van der Waals surface area contributed by atoms with Gasteiger partial charge < -0.3 is 23.7 Å². The van der Waals surface area contributed by atoms with Crippen molar-refractivity contribution in [1.29, 1.82) is 0 Å². The molecular weight excluding hydrogens is 1440 g/mol. The first kappa shape index (κ1) is 73.3. The molecule has 0 radical (unpaired) electrons. The van der Waals surface area contributed by atoms with Crippen LogP contribution in [0.2, 0.25) is 0 Å². The van der Waals surface area contributed by atoms with Crippen molar-refractivity contribution < 1.29 is 4.74 Å². The summed E-state index contributed by atoms with van der Waals surface area (Å²) < 4.78 is 10.8. The van der Waals surface area contributed by atoms with Crippen LogP contribution >= 0.6 is 0 Å². The highest BCUT2D eigenvalue weighted by Gasteiger charge is 2.38. The van der Waals surface area contributed by atoms with Crippen molar-refractivity contribution in [2.45, 2.75) is 51.7 Å². The van der Waals surface area contributed by atoms with Gasteiger partial charge in [-0.25, -0.2) is 0 Å². The molecule has 119 heavy (non-hydrogen) atoms. The van der Waals surface area contributed by atoms with Crippen LogP contribution in [0.15, 0.2) is 414 Å². The number of fused-ring (bicyclic) bond motifs is 12. The SMILES string of the molecule is C=Cc1ccc(-n2c3ccccc3c3cc(-c4ccc(N(c5ccc(-c6ccccc6)cc5)c5ccc6c(c5)C(C)(C)c5ccccc5-6)cc4)ccc32)cc1.C=Cc1ccc(COCc2ccc(-n3c4ccccc4c4cc(-c5ccc(N(c6ccc(-c7ccccc7)cc6)c6ccc7c(c6)C(C)(C)c6ccccc6-7)cc5)ccc43)cc2)cc1. The normalized spacial score (nSPS) is 12.7. The van der Waals surface area contributed by atoms with Gasteiger partial charge in [0.05, 0.1) is 35.3 Å². The zero-order valence-electron chi connectivity index (χ0n) is 67.3. The van der Waals surface area contributed by atoms with E-state index >= 15 is 0 Å². The first-order valence-electron chi connectivity index (χ1n) is 41.2. The van der Waals surface area contributed by atoms with Crippen molar-refractivity contribution in [1.82, 2.24) is 9.13 Å². The fourth-order valence-electron chi connectivity index (χ4n) is 18.4. The number of nitrogens with zero attached hydrogens (tertiary/aromatic N) is 4. The number of hydrogen-bond acceptors (Lipinski definition) is 3. The molecule has 0 atom stereocenters. The van der Waals surface area contributed by atoms with E-state index < -0.39 is 0 Å². The molecule has 0 amide bonds. The molecule has 5 heteroatoms. The highest BCUT2D eigenvalue weighted by molar-refractivity contribution is 6.12. The highest BCUT2D eigenvalue weighted by Crippen LogP contribution is 2.53. The zero-order chi connectivity index (χ0) is 80.3. The first-order chi connectivity index (χ1) is 58.4. The fraction of sp³-hybridized carbons (Fsp3) is 0.0702. The van der Waals surface area contributed by atoms with E-state index in [0.717, 1.165) is 67.8 Å². The third-order valence-electron chi connectivity index (χ3n) is 24.7. The molecular formula is C114H88N4O. The second-order valence-corrected chi connectivity index (χ2v) is 32.5. The molecule has 0 spiro atoms. The van der Waals surface area contributed by atoms with E-state index in [2.05, 4.69) is 460 Å². The summed E-state index contributed by atoms with van der Waals surface area (Å²) in [4.78, 5) is 4.79. The number of hydrogen-bond donors (Lipinski definition) is 0. The molecule has 21 rings (SSSR count). The van der Waals surface area contributed by atoms with Gasteiger partial charge in [-0.15, -0.1) is 0 Å². The summed E-state index contributed by atoms with van der Waals surface area (Å²) in [6, 6.07) is 146. The van der Waals surface area contributed by atoms with Gasteiger partial charge in [0.15, 0.2) is 0 Å². The average molecular weight is 1530 g/mol. The van der Waals surface area contributed by atoms with Crippen LogP contribution in [0.4, 0.5) is 34.1 Å². The van der Waals surface area contributed by atoms with Gasteiger partial charge in [0.1, 0.15) is 0 Å². The number of ether oxygens (including phenoxy) is 1. The third kappa shape index (κ3) is 13.4. The Morgan fingerprint density at radius 2 is 0.546 bits per heavy atom. The Balaban J connectivity index is 0.000000154. The highest BCUT2D eigenvalue weighted by atomic mass is 16.5. The van der Waals surface area contributed by atoms with Gasteiger partial charge in [0, 0.05) is 77.9 Å². The van der Waals surface area contributed by atoms with Crippen molar-refractivity contribution in [2.24, 2.45) is 0 Å². The maximum absolute atomic E-state index is 6.09. The second-order valence-electron chi connectivity index (χ2n) is 32.5. The van der Waals surface area contributed by atoms with Crippen LogP contribution < -0.4 is 9.80 Å². The van der Waals surface area contributed by atoms with Crippen LogP contribution in [0.1, 0.15) is 72.2 Å². The Hall–Kier alpha value is -14.6. The van der Waals surface area contributed by atoms with E-state index in [0.29, 0.717) is 13.2 Å². The predicted octanol–water partition coefficient (Wildman–Crippen LogP) is 30.8. The Morgan fingerprint density at radius 1 is 0.252 bits per heavy atom. The van der Waals surface area contributed by atoms with Crippen LogP contribution in [0.3, 0.4) is 0 Å². The Kier molecular flexibility index (Phi) is 18.8. The third-order valence-corrected chi connectivity index (χ3v) is 24.7. The maximum Gasteiger partial charge on any atom is 0.0721 e.